The van der Waals surface area contributed by atoms with E-state index in [1.807, 2.05) is 11.8 Å². The summed E-state index contributed by atoms with van der Waals surface area (Å²) in [5.41, 5.74) is 0. The smallest absolute Gasteiger partial charge is 0.156 e. The zero-order valence-corrected chi connectivity index (χ0v) is 9.61. The topological polar surface area (TPSA) is 24.4 Å². The molecule has 3 heteroatoms. The Morgan fingerprint density at radius 2 is 2.21 bits per heavy atom. The standard InChI is InChI=1S/C11H20N2S/c1-2-5-10(4-1)6-3-7-12-11-13-8-9-14-11/h10H,1-9H2,(H,12,13). The Balaban J connectivity index is 1.50. The zero-order chi connectivity index (χ0) is 9.64. The van der Waals surface area contributed by atoms with Crippen molar-refractivity contribution in [2.75, 3.05) is 18.8 Å². The van der Waals surface area contributed by atoms with Gasteiger partial charge in [0.25, 0.3) is 0 Å². The van der Waals surface area contributed by atoms with Crippen LogP contribution in [0.3, 0.4) is 0 Å². The van der Waals surface area contributed by atoms with Gasteiger partial charge in [-0.3, -0.25) is 4.99 Å². The Hall–Kier alpha value is -0.180. The number of thioether (sulfide) groups is 1. The normalized spacial score (nSPS) is 22.7. The molecule has 1 saturated carbocycles. The van der Waals surface area contributed by atoms with Gasteiger partial charge >= 0.3 is 0 Å². The van der Waals surface area contributed by atoms with Crippen LogP contribution in [-0.2, 0) is 0 Å². The van der Waals surface area contributed by atoms with Gasteiger partial charge in [0.1, 0.15) is 0 Å². The Morgan fingerprint density at radius 3 is 2.93 bits per heavy atom. The lowest BCUT2D eigenvalue weighted by atomic mass is 10.0. The minimum atomic E-state index is 1.01. The highest BCUT2D eigenvalue weighted by atomic mass is 32.2. The summed E-state index contributed by atoms with van der Waals surface area (Å²) in [6, 6.07) is 0. The van der Waals surface area contributed by atoms with Crippen molar-refractivity contribution in [3.8, 4) is 0 Å². The molecule has 0 amide bonds. The van der Waals surface area contributed by atoms with E-state index in [0.29, 0.717) is 0 Å². The molecular weight excluding hydrogens is 192 g/mol. The van der Waals surface area contributed by atoms with Gasteiger partial charge in [0.2, 0.25) is 0 Å². The maximum absolute atomic E-state index is 4.37. The molecule has 0 atom stereocenters. The van der Waals surface area contributed by atoms with Crippen molar-refractivity contribution in [1.82, 2.24) is 5.32 Å². The number of hydrogen-bond acceptors (Lipinski definition) is 3. The molecule has 0 unspecified atom stereocenters. The quantitative estimate of drug-likeness (QED) is 0.725. The second-order valence-corrected chi connectivity index (χ2v) is 5.34. The first-order valence-electron chi connectivity index (χ1n) is 5.86. The summed E-state index contributed by atoms with van der Waals surface area (Å²) in [6.45, 7) is 2.14. The number of hydrogen-bond donors (Lipinski definition) is 1. The number of nitrogens with one attached hydrogen (secondary N) is 1. The summed E-state index contributed by atoms with van der Waals surface area (Å²) in [6.07, 6.45) is 8.65. The number of nitrogens with zero attached hydrogens (tertiary/aromatic N) is 1. The van der Waals surface area contributed by atoms with Gasteiger partial charge in [-0.25, -0.2) is 0 Å². The molecule has 1 heterocycles. The van der Waals surface area contributed by atoms with E-state index in [1.54, 1.807) is 0 Å². The second-order valence-electron chi connectivity index (χ2n) is 4.25. The summed E-state index contributed by atoms with van der Waals surface area (Å²) in [5, 5.41) is 4.60. The van der Waals surface area contributed by atoms with Crippen molar-refractivity contribution in [2.45, 2.75) is 38.5 Å². The van der Waals surface area contributed by atoms with Gasteiger partial charge in [0.05, 0.1) is 6.54 Å². The molecular formula is C11H20N2S. The fourth-order valence-corrected chi connectivity index (χ4v) is 3.09. The maximum Gasteiger partial charge on any atom is 0.156 e. The predicted molar refractivity (Wildman–Crippen MR) is 64.0 cm³/mol. The highest BCUT2D eigenvalue weighted by Crippen LogP contribution is 2.28. The summed E-state index contributed by atoms with van der Waals surface area (Å²) >= 11 is 1.86. The Labute approximate surface area is 90.9 Å². The van der Waals surface area contributed by atoms with Crippen LogP contribution in [0.1, 0.15) is 38.5 Å². The van der Waals surface area contributed by atoms with E-state index < -0.39 is 0 Å². The van der Waals surface area contributed by atoms with Crippen LogP contribution in [0.15, 0.2) is 4.99 Å². The third kappa shape index (κ3) is 3.19. The fraction of sp³-hybridized carbons (Fsp3) is 0.909. The third-order valence-electron chi connectivity index (χ3n) is 3.13. The van der Waals surface area contributed by atoms with E-state index in [0.717, 1.165) is 19.0 Å². The van der Waals surface area contributed by atoms with E-state index in [1.165, 1.54) is 49.4 Å². The molecule has 2 aliphatic rings. The van der Waals surface area contributed by atoms with Crippen molar-refractivity contribution in [1.29, 1.82) is 0 Å². The molecule has 1 aliphatic heterocycles. The molecule has 80 valence electrons. The maximum atomic E-state index is 4.37. The van der Waals surface area contributed by atoms with Crippen LogP contribution in [0.5, 0.6) is 0 Å². The lowest BCUT2D eigenvalue weighted by molar-refractivity contribution is 0.482. The minimum absolute atomic E-state index is 1.01. The molecule has 0 aromatic rings. The van der Waals surface area contributed by atoms with Crippen LogP contribution in [0.2, 0.25) is 0 Å². The van der Waals surface area contributed by atoms with Crippen LogP contribution in [-0.4, -0.2) is 24.0 Å². The van der Waals surface area contributed by atoms with Gasteiger partial charge in [-0.05, 0) is 18.8 Å². The van der Waals surface area contributed by atoms with Crippen LogP contribution >= 0.6 is 11.8 Å². The average molecular weight is 212 g/mol. The average Bonchev–Trinajstić information content (AvgIpc) is 2.86. The second kappa shape index (κ2) is 5.64. The number of aliphatic imine (C=N–C) groups is 1. The molecule has 1 fully saturated rings. The highest BCUT2D eigenvalue weighted by Gasteiger charge is 2.14. The van der Waals surface area contributed by atoms with Gasteiger partial charge in [-0.15, -0.1) is 0 Å². The van der Waals surface area contributed by atoms with Crippen molar-refractivity contribution in [2.24, 2.45) is 10.9 Å². The summed E-state index contributed by atoms with van der Waals surface area (Å²) in [7, 11) is 0. The lowest BCUT2D eigenvalue weighted by Crippen LogP contribution is -2.20. The Bertz CT molecular complexity index is 197. The predicted octanol–water partition coefficient (Wildman–Crippen LogP) is 2.65. The van der Waals surface area contributed by atoms with Crippen LogP contribution < -0.4 is 5.32 Å². The molecule has 1 N–H and O–H groups in total. The van der Waals surface area contributed by atoms with Crippen molar-refractivity contribution in [3.05, 3.63) is 0 Å². The Morgan fingerprint density at radius 1 is 1.36 bits per heavy atom. The number of rotatable bonds is 4. The first-order valence-corrected chi connectivity index (χ1v) is 6.85. The SMILES string of the molecule is C1CCC(CCCNC2=NCCS2)C1. The molecule has 0 aromatic carbocycles. The molecule has 0 radical (unpaired) electrons. The fourth-order valence-electron chi connectivity index (χ4n) is 2.33. The molecule has 2 nitrogen and oxygen atoms in total. The van der Waals surface area contributed by atoms with Crippen LogP contribution in [0.25, 0.3) is 0 Å². The van der Waals surface area contributed by atoms with Gasteiger partial charge in [0.15, 0.2) is 5.17 Å². The largest absolute Gasteiger partial charge is 0.365 e. The highest BCUT2D eigenvalue weighted by molar-refractivity contribution is 8.14. The summed E-state index contributed by atoms with van der Waals surface area (Å²) in [5.74, 6) is 2.21. The van der Waals surface area contributed by atoms with E-state index in [2.05, 4.69) is 10.3 Å². The molecule has 2 rings (SSSR count). The van der Waals surface area contributed by atoms with Crippen molar-refractivity contribution < 1.29 is 0 Å². The zero-order valence-electron chi connectivity index (χ0n) is 8.80. The third-order valence-corrected chi connectivity index (χ3v) is 4.06. The molecule has 0 spiro atoms. The summed E-state index contributed by atoms with van der Waals surface area (Å²) in [4.78, 5) is 4.37. The molecule has 1 aliphatic carbocycles. The van der Waals surface area contributed by atoms with E-state index in [-0.39, 0.29) is 0 Å². The Kier molecular flexibility index (Phi) is 4.17. The van der Waals surface area contributed by atoms with Crippen LogP contribution in [0, 0.1) is 5.92 Å². The van der Waals surface area contributed by atoms with Crippen molar-refractivity contribution >= 4 is 16.9 Å². The van der Waals surface area contributed by atoms with Gasteiger partial charge in [-0.1, -0.05) is 37.4 Å². The first kappa shape index (κ1) is 10.3. The molecule has 14 heavy (non-hydrogen) atoms. The number of amidine groups is 1. The van der Waals surface area contributed by atoms with Crippen LogP contribution in [0.4, 0.5) is 0 Å². The first-order chi connectivity index (χ1) is 6.95. The van der Waals surface area contributed by atoms with E-state index in [4.69, 9.17) is 0 Å². The summed E-state index contributed by atoms with van der Waals surface area (Å²) < 4.78 is 0. The van der Waals surface area contributed by atoms with E-state index in [9.17, 15) is 0 Å². The van der Waals surface area contributed by atoms with Crippen molar-refractivity contribution in [3.63, 3.8) is 0 Å². The molecule has 0 bridgehead atoms. The molecule has 0 saturated heterocycles. The lowest BCUT2D eigenvalue weighted by Gasteiger charge is -2.09. The minimum Gasteiger partial charge on any atom is -0.365 e. The van der Waals surface area contributed by atoms with E-state index >= 15 is 0 Å². The molecule has 0 aromatic heterocycles. The van der Waals surface area contributed by atoms with Gasteiger partial charge in [0, 0.05) is 12.3 Å². The van der Waals surface area contributed by atoms with Gasteiger partial charge in [-0.2, -0.15) is 0 Å². The monoisotopic (exact) mass is 212 g/mol. The van der Waals surface area contributed by atoms with Gasteiger partial charge < -0.3 is 5.32 Å².